The lowest BCUT2D eigenvalue weighted by Gasteiger charge is -2.13. The van der Waals surface area contributed by atoms with E-state index in [1.165, 1.54) is 11.0 Å². The first-order valence-electron chi connectivity index (χ1n) is 10.2. The summed E-state index contributed by atoms with van der Waals surface area (Å²) in [5, 5.41) is 5.58. The molecule has 0 aromatic heterocycles. The number of carbonyl (C=O) groups is 3. The fraction of sp³-hybridized carbons (Fsp3) is 0.160. The van der Waals surface area contributed by atoms with Gasteiger partial charge in [-0.3, -0.25) is 14.4 Å². The minimum atomic E-state index is -0.416. The first-order valence-corrected chi connectivity index (χ1v) is 10.2. The van der Waals surface area contributed by atoms with Gasteiger partial charge in [-0.25, -0.2) is 0 Å². The van der Waals surface area contributed by atoms with E-state index in [1.54, 1.807) is 87.9 Å². The number of carbonyl (C=O) groups excluding carboxylic acids is 3. The highest BCUT2D eigenvalue weighted by atomic mass is 16.5. The molecule has 0 aliphatic heterocycles. The third kappa shape index (κ3) is 6.33. The second kappa shape index (κ2) is 10.8. The van der Waals surface area contributed by atoms with Gasteiger partial charge in [-0.2, -0.15) is 0 Å². The lowest BCUT2D eigenvalue weighted by atomic mass is 10.1. The molecule has 170 valence electrons. The molecule has 0 radical (unpaired) electrons. The first kappa shape index (κ1) is 23.3. The van der Waals surface area contributed by atoms with Crippen LogP contribution in [0.15, 0.2) is 72.8 Å². The third-order valence-corrected chi connectivity index (χ3v) is 4.70. The van der Waals surface area contributed by atoms with Gasteiger partial charge < -0.3 is 25.0 Å². The summed E-state index contributed by atoms with van der Waals surface area (Å²) in [5.41, 5.74) is 1.56. The number of likely N-dealkylation sites (N-methyl/N-ethyl adjacent to an activating group) is 1. The van der Waals surface area contributed by atoms with Gasteiger partial charge in [0.2, 0.25) is 0 Å². The number of ether oxygens (including phenoxy) is 2. The molecule has 0 unspecified atom stereocenters. The maximum Gasteiger partial charge on any atom is 0.259 e. The van der Waals surface area contributed by atoms with Gasteiger partial charge in [0.15, 0.2) is 6.61 Å². The van der Waals surface area contributed by atoms with Crippen molar-refractivity contribution in [2.75, 3.05) is 38.4 Å². The maximum absolute atomic E-state index is 12.9. The molecule has 8 heteroatoms. The van der Waals surface area contributed by atoms with E-state index < -0.39 is 5.91 Å². The molecular weight excluding hydrogens is 422 g/mol. The highest BCUT2D eigenvalue weighted by molar-refractivity contribution is 6.12. The number of rotatable bonds is 8. The Hall–Kier alpha value is -4.33. The summed E-state index contributed by atoms with van der Waals surface area (Å²) >= 11 is 0. The monoisotopic (exact) mass is 447 g/mol. The zero-order valence-electron chi connectivity index (χ0n) is 18.6. The Morgan fingerprint density at radius 3 is 2.30 bits per heavy atom. The molecule has 0 spiro atoms. The van der Waals surface area contributed by atoms with Crippen LogP contribution < -0.4 is 20.1 Å². The van der Waals surface area contributed by atoms with Gasteiger partial charge in [0, 0.05) is 31.4 Å². The molecule has 3 rings (SSSR count). The standard InChI is InChI=1S/C25H25N3O5/c1-28(2)23(29)16-33-20-11-6-8-17(14-20)24(30)27-22-13-5-4-12-21(22)25(31)26-18-9-7-10-19(15-18)32-3/h4-15H,16H2,1-3H3,(H,26,31)(H,27,30). The molecule has 8 nitrogen and oxygen atoms in total. The van der Waals surface area contributed by atoms with Crippen LogP contribution in [0.25, 0.3) is 0 Å². The normalized spacial score (nSPS) is 10.2. The maximum atomic E-state index is 12.9. The summed E-state index contributed by atoms with van der Waals surface area (Å²) in [5.74, 6) is 0.0194. The minimum absolute atomic E-state index is 0.134. The Labute approximate surface area is 192 Å². The Balaban J connectivity index is 1.72. The molecule has 0 saturated carbocycles. The first-order chi connectivity index (χ1) is 15.9. The zero-order valence-corrected chi connectivity index (χ0v) is 18.6. The van der Waals surface area contributed by atoms with E-state index in [0.29, 0.717) is 34.0 Å². The molecule has 3 amide bonds. The summed E-state index contributed by atoms with van der Waals surface area (Å²) < 4.78 is 10.7. The number of amides is 3. The smallest absolute Gasteiger partial charge is 0.259 e. The number of benzene rings is 3. The number of nitrogens with zero attached hydrogens (tertiary/aromatic N) is 1. The van der Waals surface area contributed by atoms with Crippen molar-refractivity contribution < 1.29 is 23.9 Å². The molecule has 3 aromatic carbocycles. The molecule has 0 fully saturated rings. The van der Waals surface area contributed by atoms with Crippen LogP contribution in [0.3, 0.4) is 0 Å². The lowest BCUT2D eigenvalue weighted by molar-refractivity contribution is -0.130. The number of hydrogen-bond donors (Lipinski definition) is 2. The third-order valence-electron chi connectivity index (χ3n) is 4.70. The van der Waals surface area contributed by atoms with E-state index in [9.17, 15) is 14.4 Å². The molecule has 0 atom stereocenters. The molecule has 0 aliphatic carbocycles. The van der Waals surface area contributed by atoms with Crippen molar-refractivity contribution in [1.82, 2.24) is 4.90 Å². The van der Waals surface area contributed by atoms with E-state index in [1.807, 2.05) is 0 Å². The zero-order chi connectivity index (χ0) is 23.8. The molecule has 0 aliphatic rings. The second-order valence-corrected chi connectivity index (χ2v) is 7.29. The number of methoxy groups -OCH3 is 1. The van der Waals surface area contributed by atoms with E-state index >= 15 is 0 Å². The number of hydrogen-bond acceptors (Lipinski definition) is 5. The fourth-order valence-corrected chi connectivity index (χ4v) is 2.89. The van der Waals surface area contributed by atoms with Crippen LogP contribution in [-0.4, -0.2) is 50.4 Å². The van der Waals surface area contributed by atoms with Crippen molar-refractivity contribution in [3.05, 3.63) is 83.9 Å². The Kier molecular flexibility index (Phi) is 7.64. The highest BCUT2D eigenvalue weighted by Crippen LogP contribution is 2.22. The van der Waals surface area contributed by atoms with Crippen LogP contribution in [-0.2, 0) is 4.79 Å². The van der Waals surface area contributed by atoms with Crippen molar-refractivity contribution in [2.45, 2.75) is 0 Å². The lowest BCUT2D eigenvalue weighted by Crippen LogP contribution is -2.27. The van der Waals surface area contributed by atoms with Gasteiger partial charge in [0.1, 0.15) is 11.5 Å². The predicted octanol–water partition coefficient (Wildman–Crippen LogP) is 3.67. The second-order valence-electron chi connectivity index (χ2n) is 7.29. The van der Waals surface area contributed by atoms with Gasteiger partial charge in [-0.05, 0) is 42.5 Å². The van der Waals surface area contributed by atoms with Gasteiger partial charge in [0.25, 0.3) is 17.7 Å². The van der Waals surface area contributed by atoms with Crippen molar-refractivity contribution in [3.63, 3.8) is 0 Å². The predicted molar refractivity (Wildman–Crippen MR) is 126 cm³/mol. The van der Waals surface area contributed by atoms with Gasteiger partial charge in [-0.15, -0.1) is 0 Å². The largest absolute Gasteiger partial charge is 0.497 e. The van der Waals surface area contributed by atoms with Crippen LogP contribution >= 0.6 is 0 Å². The fourth-order valence-electron chi connectivity index (χ4n) is 2.89. The van der Waals surface area contributed by atoms with E-state index in [-0.39, 0.29) is 18.4 Å². The van der Waals surface area contributed by atoms with Crippen molar-refractivity contribution >= 4 is 29.1 Å². The van der Waals surface area contributed by atoms with Gasteiger partial charge in [-0.1, -0.05) is 24.3 Å². The minimum Gasteiger partial charge on any atom is -0.497 e. The van der Waals surface area contributed by atoms with E-state index in [0.717, 1.165) is 0 Å². The summed E-state index contributed by atoms with van der Waals surface area (Å²) in [6, 6.07) is 20.2. The number of para-hydroxylation sites is 1. The average molecular weight is 447 g/mol. The molecule has 2 N–H and O–H groups in total. The van der Waals surface area contributed by atoms with Crippen LogP contribution in [0, 0.1) is 0 Å². The van der Waals surface area contributed by atoms with Crippen molar-refractivity contribution in [3.8, 4) is 11.5 Å². The highest BCUT2D eigenvalue weighted by Gasteiger charge is 2.15. The summed E-state index contributed by atoms with van der Waals surface area (Å²) in [6.07, 6.45) is 0. The summed E-state index contributed by atoms with van der Waals surface area (Å²) in [4.78, 5) is 38.8. The number of nitrogens with one attached hydrogen (secondary N) is 2. The van der Waals surface area contributed by atoms with E-state index in [4.69, 9.17) is 9.47 Å². The molecule has 0 bridgehead atoms. The van der Waals surface area contributed by atoms with Crippen LogP contribution in [0.5, 0.6) is 11.5 Å². The topological polar surface area (TPSA) is 97.0 Å². The SMILES string of the molecule is COc1cccc(NC(=O)c2ccccc2NC(=O)c2cccc(OCC(=O)N(C)C)c2)c1. The molecule has 0 saturated heterocycles. The van der Waals surface area contributed by atoms with Gasteiger partial charge >= 0.3 is 0 Å². The van der Waals surface area contributed by atoms with Crippen molar-refractivity contribution in [1.29, 1.82) is 0 Å². The average Bonchev–Trinajstić information content (AvgIpc) is 2.83. The Morgan fingerprint density at radius 1 is 0.818 bits per heavy atom. The quantitative estimate of drug-likeness (QED) is 0.549. The van der Waals surface area contributed by atoms with Crippen LogP contribution in [0.4, 0.5) is 11.4 Å². The Morgan fingerprint density at radius 2 is 1.55 bits per heavy atom. The molecule has 0 heterocycles. The van der Waals surface area contributed by atoms with Crippen LogP contribution in [0.1, 0.15) is 20.7 Å². The summed E-state index contributed by atoms with van der Waals surface area (Å²) in [7, 11) is 4.82. The molecule has 3 aromatic rings. The van der Waals surface area contributed by atoms with E-state index in [2.05, 4.69) is 10.6 Å². The summed E-state index contributed by atoms with van der Waals surface area (Å²) in [6.45, 7) is -0.134. The van der Waals surface area contributed by atoms with Gasteiger partial charge in [0.05, 0.1) is 18.4 Å². The molecule has 33 heavy (non-hydrogen) atoms. The van der Waals surface area contributed by atoms with Crippen molar-refractivity contribution in [2.24, 2.45) is 0 Å². The number of anilines is 2. The Bertz CT molecular complexity index is 1160. The molecular formula is C25H25N3O5. The van der Waals surface area contributed by atoms with Crippen LogP contribution in [0.2, 0.25) is 0 Å².